The number of rotatable bonds is 10. The summed E-state index contributed by atoms with van der Waals surface area (Å²) >= 11 is 1.62. The zero-order valence-corrected chi connectivity index (χ0v) is 23.5. The molecule has 2 aromatic rings. The van der Waals surface area contributed by atoms with E-state index in [1.165, 1.54) is 0 Å². The van der Waals surface area contributed by atoms with Gasteiger partial charge in [-0.15, -0.1) is 30.0 Å². The number of thioether (sulfide) groups is 1. The Morgan fingerprint density at radius 2 is 1.97 bits per heavy atom. The maximum absolute atomic E-state index is 14.6. The first-order chi connectivity index (χ1) is 18.7. The fourth-order valence-electron chi connectivity index (χ4n) is 6.85. The molecule has 3 amide bonds. The van der Waals surface area contributed by atoms with Gasteiger partial charge in [-0.05, 0) is 31.4 Å². The lowest BCUT2D eigenvalue weighted by Crippen LogP contribution is -2.59. The van der Waals surface area contributed by atoms with Crippen molar-refractivity contribution in [1.82, 2.24) is 29.7 Å². The van der Waals surface area contributed by atoms with Gasteiger partial charge in [0.1, 0.15) is 18.2 Å². The molecular weight excluding hydrogens is 516 g/mol. The van der Waals surface area contributed by atoms with Gasteiger partial charge in [-0.25, -0.2) is 4.68 Å². The van der Waals surface area contributed by atoms with Crippen LogP contribution in [0.1, 0.15) is 20.3 Å². The van der Waals surface area contributed by atoms with Crippen LogP contribution < -0.4 is 0 Å². The molecule has 5 rings (SSSR count). The molecule has 0 radical (unpaired) electrons. The minimum Gasteiger partial charge on any atom is -0.394 e. The molecule has 4 heterocycles. The molecule has 3 aliphatic heterocycles. The minimum atomic E-state index is -0.834. The highest BCUT2D eigenvalue weighted by Crippen LogP contribution is 2.69. The van der Waals surface area contributed by atoms with Gasteiger partial charge < -0.3 is 19.8 Å². The Labute approximate surface area is 232 Å². The summed E-state index contributed by atoms with van der Waals surface area (Å²) in [5.41, 5.74) is 1.51. The number of fused-ring (bicyclic) bond motifs is 2. The Hall–Kier alpha value is -3.18. The van der Waals surface area contributed by atoms with Gasteiger partial charge in [-0.2, -0.15) is 0 Å². The van der Waals surface area contributed by atoms with Crippen molar-refractivity contribution in [2.24, 2.45) is 17.8 Å². The standard InChI is InChI=1S/C28H36N6O4S/c1-6-12-31(5)25(36)22-21-14-17(3)28(39-21)23(22)26(37)34(18(4)15-35)24(28)27(38)32(13-7-2)16-33-20-11-9-8-10-19(20)29-30-33/h6-11,17-18,21-24,35H,1-2,12-16H2,3-5H3/t17?,18-,21+,22-,23+,24?,28?/m1/s1. The third-order valence-electron chi connectivity index (χ3n) is 8.61. The fraction of sp³-hybridized carbons (Fsp3) is 0.536. The number of benzene rings is 1. The molecule has 1 spiro atoms. The predicted octanol–water partition coefficient (Wildman–Crippen LogP) is 1.77. The van der Waals surface area contributed by atoms with Crippen LogP contribution in [0, 0.1) is 17.8 Å². The Morgan fingerprint density at radius 1 is 1.26 bits per heavy atom. The molecule has 3 saturated heterocycles. The zero-order chi connectivity index (χ0) is 28.1. The van der Waals surface area contributed by atoms with Crippen molar-refractivity contribution >= 4 is 40.5 Å². The number of nitrogens with zero attached hydrogens (tertiary/aromatic N) is 6. The monoisotopic (exact) mass is 552 g/mol. The van der Waals surface area contributed by atoms with E-state index in [0.29, 0.717) is 6.54 Å². The number of aliphatic hydroxyl groups is 1. The Kier molecular flexibility index (Phi) is 7.32. The van der Waals surface area contributed by atoms with Crippen LogP contribution in [-0.2, 0) is 21.1 Å². The molecule has 0 saturated carbocycles. The Morgan fingerprint density at radius 3 is 2.67 bits per heavy atom. The van der Waals surface area contributed by atoms with E-state index in [1.54, 1.807) is 57.3 Å². The number of amides is 3. The minimum absolute atomic E-state index is 0.0258. The van der Waals surface area contributed by atoms with Crippen LogP contribution in [0.3, 0.4) is 0 Å². The molecule has 11 heteroatoms. The second-order valence-electron chi connectivity index (χ2n) is 10.9. The Balaban J connectivity index is 1.56. The summed E-state index contributed by atoms with van der Waals surface area (Å²) < 4.78 is 0.892. The molecule has 39 heavy (non-hydrogen) atoms. The lowest BCUT2D eigenvalue weighted by molar-refractivity contribution is -0.147. The van der Waals surface area contributed by atoms with E-state index in [1.807, 2.05) is 24.3 Å². The zero-order valence-electron chi connectivity index (χ0n) is 22.6. The van der Waals surface area contributed by atoms with E-state index < -0.39 is 28.7 Å². The number of carbonyl (C=O) groups is 3. The molecule has 0 aliphatic carbocycles. The lowest BCUT2D eigenvalue weighted by atomic mass is 9.65. The van der Waals surface area contributed by atoms with Gasteiger partial charge in [-0.1, -0.05) is 36.4 Å². The van der Waals surface area contributed by atoms with E-state index in [0.717, 1.165) is 17.5 Å². The summed E-state index contributed by atoms with van der Waals surface area (Å²) in [6.07, 6.45) is 4.07. The largest absolute Gasteiger partial charge is 0.394 e. The molecule has 2 bridgehead atoms. The maximum Gasteiger partial charge on any atom is 0.248 e. The summed E-state index contributed by atoms with van der Waals surface area (Å²) in [6, 6.07) is 6.11. The number of para-hydroxylation sites is 1. The van der Waals surface area contributed by atoms with Crippen molar-refractivity contribution in [3.63, 3.8) is 0 Å². The lowest BCUT2D eigenvalue weighted by Gasteiger charge is -2.41. The second kappa shape index (κ2) is 10.4. The molecule has 3 unspecified atom stereocenters. The van der Waals surface area contributed by atoms with Crippen molar-refractivity contribution in [1.29, 1.82) is 0 Å². The van der Waals surface area contributed by atoms with Crippen molar-refractivity contribution in [3.05, 3.63) is 49.6 Å². The van der Waals surface area contributed by atoms with Crippen LogP contribution in [0.4, 0.5) is 0 Å². The van der Waals surface area contributed by atoms with Crippen LogP contribution in [0.15, 0.2) is 49.6 Å². The number of likely N-dealkylation sites (N-methyl/N-ethyl adjacent to an activating group) is 1. The van der Waals surface area contributed by atoms with Gasteiger partial charge in [0.15, 0.2) is 0 Å². The van der Waals surface area contributed by atoms with Gasteiger partial charge in [0.2, 0.25) is 17.7 Å². The molecular formula is C28H36N6O4S. The summed E-state index contributed by atoms with van der Waals surface area (Å²) in [6.45, 7) is 11.9. The summed E-state index contributed by atoms with van der Waals surface area (Å²) in [5.74, 6) is -1.71. The summed E-state index contributed by atoms with van der Waals surface area (Å²) in [7, 11) is 1.72. The number of aromatic nitrogens is 3. The normalized spacial score (nSPS) is 29.9. The van der Waals surface area contributed by atoms with Crippen molar-refractivity contribution in [2.45, 2.75) is 49.0 Å². The first-order valence-corrected chi connectivity index (χ1v) is 14.2. The molecule has 7 atom stereocenters. The average molecular weight is 553 g/mol. The van der Waals surface area contributed by atoms with E-state index >= 15 is 0 Å². The van der Waals surface area contributed by atoms with Gasteiger partial charge in [0, 0.05) is 25.4 Å². The third kappa shape index (κ3) is 4.09. The predicted molar refractivity (Wildman–Crippen MR) is 149 cm³/mol. The Bertz CT molecular complexity index is 1310. The molecule has 10 nitrogen and oxygen atoms in total. The highest BCUT2D eigenvalue weighted by molar-refractivity contribution is 8.02. The quantitative estimate of drug-likeness (QED) is 0.447. The van der Waals surface area contributed by atoms with E-state index in [4.69, 9.17) is 0 Å². The first kappa shape index (κ1) is 27.4. The first-order valence-electron chi connectivity index (χ1n) is 13.4. The number of carbonyl (C=O) groups excluding carboxylic acids is 3. The smallest absolute Gasteiger partial charge is 0.248 e. The van der Waals surface area contributed by atoms with Crippen LogP contribution in [-0.4, -0.2) is 101 Å². The van der Waals surface area contributed by atoms with Crippen LogP contribution in [0.25, 0.3) is 11.0 Å². The highest BCUT2D eigenvalue weighted by atomic mass is 32.2. The second-order valence-corrected chi connectivity index (χ2v) is 12.5. The summed E-state index contributed by atoms with van der Waals surface area (Å²) in [4.78, 5) is 47.2. The number of hydrogen-bond acceptors (Lipinski definition) is 7. The van der Waals surface area contributed by atoms with E-state index in [-0.39, 0.29) is 48.7 Å². The number of aliphatic hydroxyl groups excluding tert-OH is 1. The van der Waals surface area contributed by atoms with Gasteiger partial charge in [0.05, 0.1) is 34.7 Å². The van der Waals surface area contributed by atoms with E-state index in [2.05, 4.69) is 30.4 Å². The van der Waals surface area contributed by atoms with Crippen molar-refractivity contribution < 1.29 is 19.5 Å². The molecule has 3 fully saturated rings. The SMILES string of the molecule is C=CCN(C)C(=O)[C@@H]1[C@@H]2CC(C)C3(S2)C(C(=O)N(CC=C)Cn2nnc4ccccc42)N([C@H](C)CO)C(=O)[C@H]13. The van der Waals surface area contributed by atoms with Gasteiger partial charge in [0.25, 0.3) is 0 Å². The summed E-state index contributed by atoms with van der Waals surface area (Å²) in [5, 5.41) is 18.6. The van der Waals surface area contributed by atoms with Gasteiger partial charge in [-0.3, -0.25) is 14.4 Å². The van der Waals surface area contributed by atoms with Crippen molar-refractivity contribution in [3.8, 4) is 0 Å². The van der Waals surface area contributed by atoms with Crippen LogP contribution in [0.2, 0.25) is 0 Å². The van der Waals surface area contributed by atoms with E-state index in [9.17, 15) is 19.5 Å². The van der Waals surface area contributed by atoms with Gasteiger partial charge >= 0.3 is 0 Å². The molecule has 208 valence electrons. The number of hydrogen-bond donors (Lipinski definition) is 1. The highest BCUT2D eigenvalue weighted by Gasteiger charge is 2.76. The molecule has 1 aromatic heterocycles. The third-order valence-corrected chi connectivity index (χ3v) is 10.7. The van der Waals surface area contributed by atoms with Crippen LogP contribution >= 0.6 is 11.8 Å². The topological polar surface area (TPSA) is 112 Å². The fourth-order valence-corrected chi connectivity index (χ4v) is 9.25. The van der Waals surface area contributed by atoms with Crippen molar-refractivity contribution in [2.75, 3.05) is 26.7 Å². The maximum atomic E-state index is 14.6. The molecule has 1 aromatic carbocycles. The molecule has 1 N–H and O–H groups in total. The van der Waals surface area contributed by atoms with Crippen LogP contribution in [0.5, 0.6) is 0 Å². The average Bonchev–Trinajstić information content (AvgIpc) is 3.65. The number of likely N-dealkylation sites (tertiary alicyclic amines) is 1. The molecule has 3 aliphatic rings.